The number of fused-ring (bicyclic) bond motifs is 3. The number of nitrogens with one attached hydrogen (secondary N) is 3. The molecule has 1 aliphatic carbocycles. The van der Waals surface area contributed by atoms with Crippen LogP contribution >= 0.6 is 0 Å². The van der Waals surface area contributed by atoms with Crippen molar-refractivity contribution < 1.29 is 27.9 Å². The maximum Gasteiger partial charge on any atom is 0.405 e. The zero-order valence-electron chi connectivity index (χ0n) is 25.3. The number of piperidine rings is 1. The van der Waals surface area contributed by atoms with Crippen LogP contribution in [-0.4, -0.2) is 66.4 Å². The van der Waals surface area contributed by atoms with Crippen LogP contribution in [0.5, 0.6) is 0 Å². The van der Waals surface area contributed by atoms with Gasteiger partial charge in [-0.1, -0.05) is 91.7 Å². The molecule has 1 aliphatic heterocycles. The molecule has 1 saturated heterocycles. The number of rotatable bonds is 13. The minimum absolute atomic E-state index is 0.0546. The molecule has 7 nitrogen and oxygen atoms in total. The Morgan fingerprint density at radius 1 is 0.889 bits per heavy atom. The third-order valence-corrected chi connectivity index (χ3v) is 8.87. The second-order valence-electron chi connectivity index (χ2n) is 11.9. The molecule has 45 heavy (non-hydrogen) atoms. The van der Waals surface area contributed by atoms with E-state index in [9.17, 15) is 27.9 Å². The monoisotopic (exact) mass is 622 g/mol. The maximum atomic E-state index is 13.6. The number of amides is 2. The van der Waals surface area contributed by atoms with Crippen LogP contribution in [0.15, 0.2) is 78.9 Å². The summed E-state index contributed by atoms with van der Waals surface area (Å²) in [4.78, 5) is 28.8. The fraction of sp³-hybridized carbons (Fsp3) is 0.429. The standard InChI is InChI=1S/C35H41F3N4O3/c36-35(37,38)24-41-33(45)34(28-16-6-4-14-26(28)27-15-5-7-17-29(27)34)19-9-10-20-39-31(43)22-40-32(44)30-18-8-11-21-42(30)23-25-12-2-1-3-13-25/h1-7,12-17,30-31,39,43H,8-11,18-24H2,(H,40,44)(H,41,45). The number of aliphatic hydroxyl groups is 1. The first-order valence-electron chi connectivity index (χ1n) is 15.7. The van der Waals surface area contributed by atoms with Gasteiger partial charge in [0.1, 0.15) is 18.2 Å². The number of carbonyl (C=O) groups excluding carboxylic acids is 2. The Bertz CT molecular complexity index is 1400. The van der Waals surface area contributed by atoms with Gasteiger partial charge in [-0.15, -0.1) is 0 Å². The third kappa shape index (κ3) is 7.74. The van der Waals surface area contributed by atoms with Gasteiger partial charge in [0.25, 0.3) is 0 Å². The summed E-state index contributed by atoms with van der Waals surface area (Å²) in [5.41, 5.74) is 3.00. The molecule has 2 aliphatic rings. The van der Waals surface area contributed by atoms with Gasteiger partial charge in [0.2, 0.25) is 11.8 Å². The number of halogens is 3. The lowest BCUT2D eigenvalue weighted by molar-refractivity contribution is -0.141. The molecule has 1 fully saturated rings. The van der Waals surface area contributed by atoms with E-state index in [1.807, 2.05) is 54.6 Å². The number of hydrogen-bond donors (Lipinski definition) is 4. The number of nitrogens with zero attached hydrogens (tertiary/aromatic N) is 1. The lowest BCUT2D eigenvalue weighted by Crippen LogP contribution is -2.51. The lowest BCUT2D eigenvalue weighted by Gasteiger charge is -2.34. The van der Waals surface area contributed by atoms with Gasteiger partial charge in [0.05, 0.1) is 12.6 Å². The Labute approximate surface area is 262 Å². The number of alkyl halides is 3. The predicted octanol–water partition coefficient (Wildman–Crippen LogP) is 4.88. The molecule has 2 amide bonds. The van der Waals surface area contributed by atoms with Gasteiger partial charge < -0.3 is 15.7 Å². The summed E-state index contributed by atoms with van der Waals surface area (Å²) in [5, 5.41) is 18.6. The smallest absolute Gasteiger partial charge is 0.377 e. The second kappa shape index (κ2) is 14.6. The molecular formula is C35H41F3N4O3. The Balaban J connectivity index is 1.15. The van der Waals surface area contributed by atoms with Crippen LogP contribution in [0.3, 0.4) is 0 Å². The molecule has 0 saturated carbocycles. The van der Waals surface area contributed by atoms with Crippen LogP contribution in [0, 0.1) is 0 Å². The summed E-state index contributed by atoms with van der Waals surface area (Å²) in [6, 6.07) is 24.6. The van der Waals surface area contributed by atoms with Crippen molar-refractivity contribution in [2.24, 2.45) is 0 Å². The van der Waals surface area contributed by atoms with Crippen molar-refractivity contribution in [1.82, 2.24) is 20.9 Å². The number of benzene rings is 3. The third-order valence-electron chi connectivity index (χ3n) is 8.87. The van der Waals surface area contributed by atoms with E-state index in [2.05, 4.69) is 33.0 Å². The minimum atomic E-state index is -4.53. The Kier molecular flexibility index (Phi) is 10.6. The maximum absolute atomic E-state index is 13.6. The normalized spacial score (nSPS) is 18.1. The predicted molar refractivity (Wildman–Crippen MR) is 167 cm³/mol. The van der Waals surface area contributed by atoms with Crippen LogP contribution in [-0.2, 0) is 21.5 Å². The van der Waals surface area contributed by atoms with Gasteiger partial charge in [-0.2, -0.15) is 13.2 Å². The van der Waals surface area contributed by atoms with Crippen LogP contribution in [0.2, 0.25) is 0 Å². The summed E-state index contributed by atoms with van der Waals surface area (Å²) in [6.07, 6.45) is -1.30. The fourth-order valence-electron chi connectivity index (χ4n) is 6.75. The molecule has 2 atom stereocenters. The summed E-state index contributed by atoms with van der Waals surface area (Å²) in [7, 11) is 0. The van der Waals surface area contributed by atoms with Gasteiger partial charge in [-0.05, 0) is 66.6 Å². The summed E-state index contributed by atoms with van der Waals surface area (Å²) < 4.78 is 39.3. The number of hydrogen-bond acceptors (Lipinski definition) is 5. The number of likely N-dealkylation sites (tertiary alicyclic amines) is 1. The zero-order valence-corrected chi connectivity index (χ0v) is 25.3. The molecular weight excluding hydrogens is 581 g/mol. The van der Waals surface area contributed by atoms with E-state index in [4.69, 9.17) is 0 Å². The molecule has 10 heteroatoms. The highest BCUT2D eigenvalue weighted by molar-refractivity contribution is 6.00. The Morgan fingerprint density at radius 2 is 1.53 bits per heavy atom. The average molecular weight is 623 g/mol. The molecule has 4 N–H and O–H groups in total. The SMILES string of the molecule is O=C(NCC(O)NCCCCC1(C(=O)NCC(F)(F)F)c2ccccc2-c2ccccc21)C1CCCCN1Cc1ccccc1. The van der Waals surface area contributed by atoms with Gasteiger partial charge in [-0.25, -0.2) is 0 Å². The van der Waals surface area contributed by atoms with E-state index in [1.165, 1.54) is 0 Å². The highest BCUT2D eigenvalue weighted by atomic mass is 19.4. The van der Waals surface area contributed by atoms with Crippen molar-refractivity contribution in [1.29, 1.82) is 0 Å². The first-order chi connectivity index (χ1) is 21.7. The van der Waals surface area contributed by atoms with E-state index in [1.54, 1.807) is 12.1 Å². The largest absolute Gasteiger partial charge is 0.405 e. The van der Waals surface area contributed by atoms with Crippen LogP contribution in [0.1, 0.15) is 55.2 Å². The quantitative estimate of drug-likeness (QED) is 0.161. The van der Waals surface area contributed by atoms with Crippen molar-refractivity contribution in [3.05, 3.63) is 95.6 Å². The summed E-state index contributed by atoms with van der Waals surface area (Å²) in [5.74, 6) is -0.770. The van der Waals surface area contributed by atoms with Crippen molar-refractivity contribution in [2.75, 3.05) is 26.2 Å². The second-order valence-corrected chi connectivity index (χ2v) is 11.9. The number of unbranched alkanes of at least 4 members (excludes halogenated alkanes) is 1. The first-order valence-corrected chi connectivity index (χ1v) is 15.7. The lowest BCUT2D eigenvalue weighted by atomic mass is 9.73. The van der Waals surface area contributed by atoms with Crippen LogP contribution < -0.4 is 16.0 Å². The first kappa shape index (κ1) is 32.7. The van der Waals surface area contributed by atoms with Gasteiger partial charge in [-0.3, -0.25) is 19.8 Å². The number of carbonyl (C=O) groups is 2. The summed E-state index contributed by atoms with van der Waals surface area (Å²) >= 11 is 0. The minimum Gasteiger partial charge on any atom is -0.377 e. The summed E-state index contributed by atoms with van der Waals surface area (Å²) in [6.45, 7) is 0.605. The highest BCUT2D eigenvalue weighted by Crippen LogP contribution is 2.51. The van der Waals surface area contributed by atoms with E-state index in [-0.39, 0.29) is 18.5 Å². The molecule has 3 aromatic carbocycles. The molecule has 0 aromatic heterocycles. The molecule has 0 radical (unpaired) electrons. The topological polar surface area (TPSA) is 93.7 Å². The molecule has 1 heterocycles. The Morgan fingerprint density at radius 3 is 2.20 bits per heavy atom. The molecule has 0 spiro atoms. The number of aliphatic hydroxyl groups excluding tert-OH is 1. The zero-order chi connectivity index (χ0) is 31.9. The van der Waals surface area contributed by atoms with Crippen LogP contribution in [0.4, 0.5) is 13.2 Å². The molecule has 3 aromatic rings. The van der Waals surface area contributed by atoms with Gasteiger partial charge >= 0.3 is 6.18 Å². The van der Waals surface area contributed by atoms with E-state index >= 15 is 0 Å². The van der Waals surface area contributed by atoms with E-state index in [0.717, 1.165) is 42.5 Å². The molecule has 2 unspecified atom stereocenters. The van der Waals surface area contributed by atoms with Crippen molar-refractivity contribution in [2.45, 2.75) is 68.9 Å². The molecule has 5 rings (SSSR count). The van der Waals surface area contributed by atoms with Gasteiger partial charge in [0.15, 0.2) is 0 Å². The Hall–Kier alpha value is -3.73. The highest BCUT2D eigenvalue weighted by Gasteiger charge is 2.49. The van der Waals surface area contributed by atoms with E-state index in [0.29, 0.717) is 43.5 Å². The molecule has 240 valence electrons. The van der Waals surface area contributed by atoms with Crippen molar-refractivity contribution >= 4 is 11.8 Å². The molecule has 0 bridgehead atoms. The average Bonchev–Trinajstić information content (AvgIpc) is 3.33. The van der Waals surface area contributed by atoms with E-state index < -0.39 is 30.3 Å². The van der Waals surface area contributed by atoms with Crippen molar-refractivity contribution in [3.8, 4) is 11.1 Å². The fourth-order valence-corrected chi connectivity index (χ4v) is 6.75. The van der Waals surface area contributed by atoms with Crippen LogP contribution in [0.25, 0.3) is 11.1 Å². The van der Waals surface area contributed by atoms with Crippen molar-refractivity contribution in [3.63, 3.8) is 0 Å². The van der Waals surface area contributed by atoms with Gasteiger partial charge in [0, 0.05) is 6.54 Å².